The van der Waals surface area contributed by atoms with E-state index in [1.807, 2.05) is 24.3 Å². The van der Waals surface area contributed by atoms with Gasteiger partial charge in [-0.05, 0) is 50.4 Å². The molecule has 2 bridgehead atoms. The van der Waals surface area contributed by atoms with E-state index in [9.17, 15) is 4.79 Å². The number of piperidine rings is 1. The number of hydrogen-bond donors (Lipinski definition) is 0. The van der Waals surface area contributed by atoms with Crippen LogP contribution in [-0.4, -0.2) is 29.8 Å². The van der Waals surface area contributed by atoms with Gasteiger partial charge in [0, 0.05) is 29.4 Å². The lowest BCUT2D eigenvalue weighted by Crippen LogP contribution is -2.42. The number of carbonyl (C=O) groups excluding carboxylic acids is 1. The minimum atomic E-state index is 0.268. The van der Waals surface area contributed by atoms with Crippen molar-refractivity contribution in [3.05, 3.63) is 34.9 Å². The lowest BCUT2D eigenvalue weighted by molar-refractivity contribution is -0.124. The van der Waals surface area contributed by atoms with E-state index >= 15 is 0 Å². The van der Waals surface area contributed by atoms with E-state index < -0.39 is 0 Å². The molecule has 2 heterocycles. The average molecular weight is 278 g/mol. The van der Waals surface area contributed by atoms with Gasteiger partial charge in [0.2, 0.25) is 0 Å². The van der Waals surface area contributed by atoms with Gasteiger partial charge in [-0.1, -0.05) is 23.7 Å². The van der Waals surface area contributed by atoms with Gasteiger partial charge in [0.1, 0.15) is 5.78 Å². The number of hydrogen-bond acceptors (Lipinski definition) is 2. The monoisotopic (exact) mass is 277 g/mol. The Morgan fingerprint density at radius 2 is 1.79 bits per heavy atom. The molecule has 19 heavy (non-hydrogen) atoms. The molecule has 2 aliphatic rings. The second-order valence-electron chi connectivity index (χ2n) is 5.99. The van der Waals surface area contributed by atoms with E-state index in [0.717, 1.165) is 23.4 Å². The summed E-state index contributed by atoms with van der Waals surface area (Å²) < 4.78 is 0. The summed E-state index contributed by atoms with van der Waals surface area (Å²) in [6.07, 6.45) is 5.21. The predicted molar refractivity (Wildman–Crippen MR) is 77.5 cm³/mol. The summed E-state index contributed by atoms with van der Waals surface area (Å²) in [4.78, 5) is 14.9. The minimum absolute atomic E-state index is 0.268. The van der Waals surface area contributed by atoms with Crippen molar-refractivity contribution in [3.63, 3.8) is 0 Å². The van der Waals surface area contributed by atoms with Crippen LogP contribution in [0.25, 0.3) is 0 Å². The van der Waals surface area contributed by atoms with Crippen LogP contribution in [0.2, 0.25) is 5.02 Å². The minimum Gasteiger partial charge on any atom is -0.300 e. The summed E-state index contributed by atoms with van der Waals surface area (Å²) in [6, 6.07) is 8.93. The molecule has 1 aromatic carbocycles. The van der Waals surface area contributed by atoms with Crippen molar-refractivity contribution in [2.24, 2.45) is 5.92 Å². The summed E-state index contributed by atoms with van der Waals surface area (Å²) in [7, 11) is 2.21. The highest BCUT2D eigenvalue weighted by Crippen LogP contribution is 2.38. The molecular weight excluding hydrogens is 258 g/mol. The number of nitrogens with zero attached hydrogens (tertiary/aromatic N) is 1. The Labute approximate surface area is 119 Å². The fourth-order valence-electron chi connectivity index (χ4n) is 3.62. The summed E-state index contributed by atoms with van der Waals surface area (Å²) in [6.45, 7) is 0. The highest BCUT2D eigenvalue weighted by atomic mass is 35.5. The zero-order valence-electron chi connectivity index (χ0n) is 11.3. The fourth-order valence-corrected chi connectivity index (χ4v) is 3.75. The molecule has 102 valence electrons. The van der Waals surface area contributed by atoms with E-state index in [1.165, 1.54) is 12.8 Å². The van der Waals surface area contributed by atoms with Crippen LogP contribution in [0.4, 0.5) is 0 Å². The molecule has 2 fully saturated rings. The van der Waals surface area contributed by atoms with E-state index in [2.05, 4.69) is 11.9 Å². The van der Waals surface area contributed by atoms with E-state index in [1.54, 1.807) is 0 Å². The second kappa shape index (κ2) is 5.26. The van der Waals surface area contributed by atoms with Crippen molar-refractivity contribution < 1.29 is 4.79 Å². The van der Waals surface area contributed by atoms with Gasteiger partial charge >= 0.3 is 0 Å². The molecule has 0 spiro atoms. The van der Waals surface area contributed by atoms with E-state index in [0.29, 0.717) is 24.3 Å². The standard InChI is InChI=1S/C16H20ClNO/c1-18-14-6-7-15(18)10-12(9-14)16(19)8-11-2-4-13(17)5-3-11/h2-5,12,14-15H,6-10H2,1H3. The van der Waals surface area contributed by atoms with Crippen LogP contribution in [0.15, 0.2) is 24.3 Å². The number of benzene rings is 1. The highest BCUT2D eigenvalue weighted by molar-refractivity contribution is 6.30. The first-order valence-corrected chi connectivity index (χ1v) is 7.50. The van der Waals surface area contributed by atoms with Gasteiger partial charge in [0.05, 0.1) is 0 Å². The molecule has 0 saturated carbocycles. The first-order chi connectivity index (χ1) is 9.13. The Morgan fingerprint density at radius 3 is 2.37 bits per heavy atom. The third-order valence-corrected chi connectivity index (χ3v) is 5.10. The van der Waals surface area contributed by atoms with Crippen molar-refractivity contribution in [2.45, 2.75) is 44.2 Å². The van der Waals surface area contributed by atoms with Gasteiger partial charge < -0.3 is 4.90 Å². The van der Waals surface area contributed by atoms with Crippen LogP contribution in [-0.2, 0) is 11.2 Å². The van der Waals surface area contributed by atoms with E-state index in [4.69, 9.17) is 11.6 Å². The molecule has 3 heteroatoms. The maximum atomic E-state index is 12.4. The molecule has 2 unspecified atom stereocenters. The third-order valence-electron chi connectivity index (χ3n) is 4.85. The Morgan fingerprint density at radius 1 is 1.21 bits per heavy atom. The largest absolute Gasteiger partial charge is 0.300 e. The molecule has 0 N–H and O–H groups in total. The summed E-state index contributed by atoms with van der Waals surface area (Å²) in [5.74, 6) is 0.678. The molecule has 0 radical (unpaired) electrons. The fraction of sp³-hybridized carbons (Fsp3) is 0.562. The van der Waals surface area contributed by atoms with Crippen LogP contribution in [0, 0.1) is 5.92 Å². The van der Waals surface area contributed by atoms with Crippen molar-refractivity contribution in [3.8, 4) is 0 Å². The Hall–Kier alpha value is -0.860. The SMILES string of the molecule is CN1C2CCC1CC(C(=O)Cc1ccc(Cl)cc1)C2. The van der Waals surface area contributed by atoms with Gasteiger partial charge in [0.25, 0.3) is 0 Å². The summed E-state index contributed by atoms with van der Waals surface area (Å²) in [5, 5.41) is 0.730. The lowest BCUT2D eigenvalue weighted by Gasteiger charge is -2.35. The average Bonchev–Trinajstić information content (AvgIpc) is 2.64. The number of fused-ring (bicyclic) bond motifs is 2. The van der Waals surface area contributed by atoms with Crippen LogP contribution in [0.3, 0.4) is 0 Å². The maximum Gasteiger partial charge on any atom is 0.140 e. The molecule has 2 saturated heterocycles. The summed E-state index contributed by atoms with van der Waals surface area (Å²) in [5.41, 5.74) is 1.08. The Bertz CT molecular complexity index is 456. The van der Waals surface area contributed by atoms with Crippen molar-refractivity contribution in [1.82, 2.24) is 4.90 Å². The normalized spacial score (nSPS) is 30.5. The molecule has 3 rings (SSSR count). The van der Waals surface area contributed by atoms with Crippen molar-refractivity contribution >= 4 is 17.4 Å². The molecule has 2 aliphatic heterocycles. The maximum absolute atomic E-state index is 12.4. The van der Waals surface area contributed by atoms with Crippen LogP contribution in [0.1, 0.15) is 31.2 Å². The van der Waals surface area contributed by atoms with Crippen LogP contribution < -0.4 is 0 Å². The van der Waals surface area contributed by atoms with Crippen molar-refractivity contribution in [2.75, 3.05) is 7.05 Å². The quantitative estimate of drug-likeness (QED) is 0.845. The van der Waals surface area contributed by atoms with Crippen LogP contribution in [0.5, 0.6) is 0 Å². The van der Waals surface area contributed by atoms with Gasteiger partial charge in [-0.15, -0.1) is 0 Å². The highest BCUT2D eigenvalue weighted by Gasteiger charge is 2.40. The predicted octanol–water partition coefficient (Wildman–Crippen LogP) is 3.32. The molecule has 0 aliphatic carbocycles. The van der Waals surface area contributed by atoms with Crippen LogP contribution >= 0.6 is 11.6 Å². The molecule has 2 nitrogen and oxygen atoms in total. The first kappa shape index (κ1) is 13.1. The number of rotatable bonds is 3. The Kier molecular flexibility index (Phi) is 3.64. The Balaban J connectivity index is 1.64. The number of carbonyl (C=O) groups is 1. The molecule has 1 aromatic rings. The smallest absolute Gasteiger partial charge is 0.140 e. The van der Waals surface area contributed by atoms with Crippen molar-refractivity contribution in [1.29, 1.82) is 0 Å². The molecule has 0 amide bonds. The topological polar surface area (TPSA) is 20.3 Å². The van der Waals surface area contributed by atoms with Gasteiger partial charge in [-0.2, -0.15) is 0 Å². The zero-order chi connectivity index (χ0) is 13.4. The second-order valence-corrected chi connectivity index (χ2v) is 6.42. The third kappa shape index (κ3) is 2.70. The molecule has 2 atom stereocenters. The van der Waals surface area contributed by atoms with Gasteiger partial charge in [0.15, 0.2) is 0 Å². The first-order valence-electron chi connectivity index (χ1n) is 7.12. The number of ketones is 1. The number of Topliss-reactive ketones (excluding diaryl/α,β-unsaturated/α-hetero) is 1. The molecule has 0 aromatic heterocycles. The van der Waals surface area contributed by atoms with Gasteiger partial charge in [-0.3, -0.25) is 4.79 Å². The number of halogens is 1. The van der Waals surface area contributed by atoms with E-state index in [-0.39, 0.29) is 5.92 Å². The molecular formula is C16H20ClNO. The zero-order valence-corrected chi connectivity index (χ0v) is 12.1. The van der Waals surface area contributed by atoms with Gasteiger partial charge in [-0.25, -0.2) is 0 Å². The summed E-state index contributed by atoms with van der Waals surface area (Å²) >= 11 is 5.87. The lowest BCUT2D eigenvalue weighted by atomic mass is 9.85.